The van der Waals surface area contributed by atoms with Gasteiger partial charge in [0.15, 0.2) is 6.10 Å². The zero-order valence-electron chi connectivity index (χ0n) is 19.0. The molecule has 10 heteroatoms. The summed E-state index contributed by atoms with van der Waals surface area (Å²) in [6.07, 6.45) is -2.21. The van der Waals surface area contributed by atoms with Crippen LogP contribution in [-0.4, -0.2) is 52.4 Å². The maximum atomic E-state index is 12.4. The Balaban J connectivity index is 1.29. The molecular weight excluding hydrogens is 470 g/mol. The lowest BCUT2D eigenvalue weighted by atomic mass is 9.98. The van der Waals surface area contributed by atoms with E-state index in [9.17, 15) is 19.5 Å². The van der Waals surface area contributed by atoms with Crippen LogP contribution < -0.4 is 10.6 Å². The summed E-state index contributed by atoms with van der Waals surface area (Å²) in [5.74, 6) is -1.79. The second kappa shape index (κ2) is 10.7. The number of aliphatic hydroxyl groups is 1. The Bertz CT molecular complexity index is 1210. The molecule has 1 heterocycles. The number of aryl methyl sites for hydroxylation is 1. The molecule has 0 aliphatic heterocycles. The number of aliphatic carboxylic acids is 1. The van der Waals surface area contributed by atoms with Gasteiger partial charge in [0.1, 0.15) is 16.5 Å². The monoisotopic (exact) mass is 495 g/mol. The van der Waals surface area contributed by atoms with Crippen molar-refractivity contribution in [2.45, 2.75) is 31.9 Å². The van der Waals surface area contributed by atoms with Crippen LogP contribution in [0, 0.1) is 6.92 Å². The number of ether oxygens (including phenoxy) is 1. The molecule has 35 heavy (non-hydrogen) atoms. The second-order valence-electron chi connectivity index (χ2n) is 8.10. The first-order valence-electron chi connectivity index (χ1n) is 11.1. The smallest absolute Gasteiger partial charge is 0.407 e. The lowest BCUT2D eigenvalue weighted by Gasteiger charge is -2.14. The summed E-state index contributed by atoms with van der Waals surface area (Å²) >= 11 is 1.13. The summed E-state index contributed by atoms with van der Waals surface area (Å²) in [4.78, 5) is 40.0. The topological polar surface area (TPSA) is 138 Å². The Morgan fingerprint density at radius 3 is 2.31 bits per heavy atom. The Morgan fingerprint density at radius 1 is 1.06 bits per heavy atom. The van der Waals surface area contributed by atoms with Gasteiger partial charge < -0.3 is 25.6 Å². The van der Waals surface area contributed by atoms with Gasteiger partial charge >= 0.3 is 12.1 Å². The van der Waals surface area contributed by atoms with Crippen molar-refractivity contribution in [2.75, 3.05) is 13.2 Å². The van der Waals surface area contributed by atoms with Gasteiger partial charge in [-0.05, 0) is 29.2 Å². The van der Waals surface area contributed by atoms with E-state index in [1.165, 1.54) is 0 Å². The number of rotatable bonds is 9. The zero-order chi connectivity index (χ0) is 24.9. The van der Waals surface area contributed by atoms with Crippen molar-refractivity contribution in [1.82, 2.24) is 15.6 Å². The number of carboxylic acid groups (broad SMARTS) is 1. The number of aliphatic hydroxyl groups excluding tert-OH is 1. The predicted octanol–water partition coefficient (Wildman–Crippen LogP) is 3.06. The molecule has 2 aromatic carbocycles. The maximum absolute atomic E-state index is 12.4. The van der Waals surface area contributed by atoms with Crippen molar-refractivity contribution in [3.05, 3.63) is 75.2 Å². The third-order valence-electron chi connectivity index (χ3n) is 5.76. The number of alkyl carbamates (subject to hydrolysis) is 1. The summed E-state index contributed by atoms with van der Waals surface area (Å²) in [6.45, 7) is 1.99. The van der Waals surface area contributed by atoms with Gasteiger partial charge in [-0.15, -0.1) is 11.3 Å². The van der Waals surface area contributed by atoms with Crippen LogP contribution in [0.2, 0.25) is 0 Å². The normalized spacial score (nSPS) is 13.0. The van der Waals surface area contributed by atoms with Gasteiger partial charge in [-0.2, -0.15) is 0 Å². The number of amides is 2. The van der Waals surface area contributed by atoms with E-state index in [0.717, 1.165) is 33.6 Å². The third-order valence-corrected chi connectivity index (χ3v) is 6.92. The number of hydrogen-bond acceptors (Lipinski definition) is 7. The van der Waals surface area contributed by atoms with Gasteiger partial charge in [0.2, 0.25) is 0 Å². The van der Waals surface area contributed by atoms with E-state index in [1.807, 2.05) is 24.3 Å². The molecule has 9 nitrogen and oxygen atoms in total. The molecule has 1 aliphatic rings. The SMILES string of the molecule is Cc1nc(CNC(=O)OCC2c3ccccc3-c3ccccc32)sc1C(=O)NCC[C@H](O)C(=O)O. The largest absolute Gasteiger partial charge is 0.479 e. The first-order chi connectivity index (χ1) is 16.8. The van der Waals surface area contributed by atoms with Crippen LogP contribution in [-0.2, 0) is 16.1 Å². The first kappa shape index (κ1) is 24.4. The van der Waals surface area contributed by atoms with E-state index in [2.05, 4.69) is 39.9 Å². The number of carboxylic acids is 1. The van der Waals surface area contributed by atoms with Gasteiger partial charge in [-0.25, -0.2) is 14.6 Å². The summed E-state index contributed by atoms with van der Waals surface area (Å²) in [5.41, 5.74) is 5.06. The van der Waals surface area contributed by atoms with Crippen LogP contribution in [0.5, 0.6) is 0 Å². The third kappa shape index (κ3) is 5.50. The molecule has 0 saturated heterocycles. The number of fused-ring (bicyclic) bond motifs is 3. The molecule has 0 saturated carbocycles. The number of hydrogen-bond donors (Lipinski definition) is 4. The van der Waals surface area contributed by atoms with Crippen molar-refractivity contribution >= 4 is 29.3 Å². The van der Waals surface area contributed by atoms with E-state index in [0.29, 0.717) is 15.6 Å². The number of nitrogens with one attached hydrogen (secondary N) is 2. The Hall–Kier alpha value is -3.76. The number of aromatic nitrogens is 1. The van der Waals surface area contributed by atoms with Crippen LogP contribution in [0.3, 0.4) is 0 Å². The number of benzene rings is 2. The van der Waals surface area contributed by atoms with Gasteiger partial charge in [0, 0.05) is 18.9 Å². The van der Waals surface area contributed by atoms with E-state index < -0.39 is 24.1 Å². The van der Waals surface area contributed by atoms with Crippen LogP contribution in [0.1, 0.15) is 43.8 Å². The van der Waals surface area contributed by atoms with Crippen molar-refractivity contribution < 1.29 is 29.3 Å². The predicted molar refractivity (Wildman–Crippen MR) is 129 cm³/mol. The molecule has 1 aromatic heterocycles. The van der Waals surface area contributed by atoms with Gasteiger partial charge in [-0.1, -0.05) is 48.5 Å². The van der Waals surface area contributed by atoms with Crippen molar-refractivity contribution in [1.29, 1.82) is 0 Å². The second-order valence-corrected chi connectivity index (χ2v) is 9.18. The molecule has 0 unspecified atom stereocenters. The average molecular weight is 496 g/mol. The van der Waals surface area contributed by atoms with Crippen LogP contribution in [0.25, 0.3) is 11.1 Å². The Labute approximate surface area is 205 Å². The summed E-state index contributed by atoms with van der Waals surface area (Å²) in [6, 6.07) is 16.2. The summed E-state index contributed by atoms with van der Waals surface area (Å²) in [5, 5.41) is 23.8. The van der Waals surface area contributed by atoms with Crippen molar-refractivity contribution in [3.63, 3.8) is 0 Å². The minimum Gasteiger partial charge on any atom is -0.479 e. The highest BCUT2D eigenvalue weighted by atomic mass is 32.1. The van der Waals surface area contributed by atoms with Gasteiger partial charge in [0.25, 0.3) is 5.91 Å². The number of carbonyl (C=O) groups is 3. The Kier molecular flexibility index (Phi) is 7.42. The number of nitrogens with zero attached hydrogens (tertiary/aromatic N) is 1. The number of thiazole rings is 1. The molecule has 182 valence electrons. The maximum Gasteiger partial charge on any atom is 0.407 e. The van der Waals surface area contributed by atoms with E-state index >= 15 is 0 Å². The molecule has 0 fully saturated rings. The molecule has 0 spiro atoms. The minimum atomic E-state index is -1.53. The highest BCUT2D eigenvalue weighted by Crippen LogP contribution is 2.44. The highest BCUT2D eigenvalue weighted by molar-refractivity contribution is 7.13. The molecule has 2 amide bonds. The molecular formula is C25H25N3O6S. The van der Waals surface area contributed by atoms with Crippen molar-refractivity contribution in [2.24, 2.45) is 0 Å². The summed E-state index contributed by atoms with van der Waals surface area (Å²) < 4.78 is 5.52. The molecule has 0 radical (unpaired) electrons. The van der Waals surface area contributed by atoms with E-state index in [1.54, 1.807) is 6.92 Å². The fourth-order valence-corrected chi connectivity index (χ4v) is 4.98. The average Bonchev–Trinajstić information content (AvgIpc) is 3.38. The molecule has 0 bridgehead atoms. The van der Waals surface area contributed by atoms with Crippen molar-refractivity contribution in [3.8, 4) is 11.1 Å². The molecule has 1 aliphatic carbocycles. The van der Waals surface area contributed by atoms with Crippen LogP contribution >= 0.6 is 11.3 Å². The first-order valence-corrected chi connectivity index (χ1v) is 11.9. The molecule has 1 atom stereocenters. The summed E-state index contributed by atoms with van der Waals surface area (Å²) in [7, 11) is 0. The molecule has 3 aromatic rings. The van der Waals surface area contributed by atoms with Gasteiger partial charge in [-0.3, -0.25) is 4.79 Å². The fraction of sp³-hybridized carbons (Fsp3) is 0.280. The van der Waals surface area contributed by atoms with Gasteiger partial charge in [0.05, 0.1) is 12.2 Å². The number of carbonyl (C=O) groups excluding carboxylic acids is 2. The molecule has 4 rings (SSSR count). The Morgan fingerprint density at radius 2 is 1.69 bits per heavy atom. The molecule has 4 N–H and O–H groups in total. The van der Waals surface area contributed by atoms with Crippen LogP contribution in [0.4, 0.5) is 4.79 Å². The lowest BCUT2D eigenvalue weighted by Crippen LogP contribution is -2.29. The standard InChI is InChI=1S/C25H25N3O6S/c1-14-22(23(30)26-11-10-20(29)24(31)32)35-21(28-14)12-27-25(33)34-13-19-17-8-4-2-6-15(17)16-7-3-5-9-18(16)19/h2-9,19-20,29H,10-13H2,1H3,(H,26,30)(H,27,33)(H,31,32)/t20-/m0/s1. The zero-order valence-corrected chi connectivity index (χ0v) is 19.8. The quantitative estimate of drug-likeness (QED) is 0.358. The lowest BCUT2D eigenvalue weighted by molar-refractivity contribution is -0.146. The fourth-order valence-electron chi connectivity index (χ4n) is 4.06. The van der Waals surface area contributed by atoms with E-state index in [-0.39, 0.29) is 32.0 Å². The van der Waals surface area contributed by atoms with E-state index in [4.69, 9.17) is 9.84 Å². The minimum absolute atomic E-state index is 0.0109. The highest BCUT2D eigenvalue weighted by Gasteiger charge is 2.29. The van der Waals surface area contributed by atoms with Crippen LogP contribution in [0.15, 0.2) is 48.5 Å².